The molecule has 0 saturated carbocycles. The van der Waals surface area contributed by atoms with Gasteiger partial charge in [-0.1, -0.05) is 31.6 Å². The molecular formula is C9H15P. The quantitative estimate of drug-likeness (QED) is 0.470. The molecule has 1 rings (SSSR count). The zero-order valence-corrected chi connectivity index (χ0v) is 8.09. The van der Waals surface area contributed by atoms with Gasteiger partial charge >= 0.3 is 0 Å². The van der Waals surface area contributed by atoms with Crippen LogP contribution in [0.25, 0.3) is 0 Å². The SMILES string of the molecule is CC1=C(P)C=CC(C)(C)C1. The van der Waals surface area contributed by atoms with E-state index in [2.05, 4.69) is 42.2 Å². The fourth-order valence-electron chi connectivity index (χ4n) is 1.30. The third-order valence-corrected chi connectivity index (χ3v) is 2.61. The fourth-order valence-corrected chi connectivity index (χ4v) is 1.50. The Kier molecular flexibility index (Phi) is 2.01. The zero-order chi connectivity index (χ0) is 7.78. The van der Waals surface area contributed by atoms with Crippen molar-refractivity contribution in [3.63, 3.8) is 0 Å². The molecule has 0 bridgehead atoms. The van der Waals surface area contributed by atoms with E-state index in [1.165, 1.54) is 17.3 Å². The minimum Gasteiger partial charge on any atom is -0.106 e. The van der Waals surface area contributed by atoms with Crippen LogP contribution in [0.1, 0.15) is 27.2 Å². The second-order valence-corrected chi connectivity index (χ2v) is 4.36. The Balaban J connectivity index is 2.85. The molecule has 1 aliphatic carbocycles. The maximum atomic E-state index is 2.77. The predicted octanol–water partition coefficient (Wildman–Crippen LogP) is 3.12. The summed E-state index contributed by atoms with van der Waals surface area (Å²) in [6.07, 6.45) is 5.67. The van der Waals surface area contributed by atoms with Crippen molar-refractivity contribution in [2.45, 2.75) is 27.2 Å². The van der Waals surface area contributed by atoms with E-state index in [9.17, 15) is 0 Å². The first-order chi connectivity index (χ1) is 4.51. The Hall–Kier alpha value is -0.0900. The van der Waals surface area contributed by atoms with Gasteiger partial charge in [-0.15, -0.1) is 9.24 Å². The highest BCUT2D eigenvalue weighted by atomic mass is 31.0. The molecule has 0 aromatic rings. The molecule has 0 amide bonds. The summed E-state index contributed by atoms with van der Waals surface area (Å²) in [5.74, 6) is 0. The second-order valence-electron chi connectivity index (χ2n) is 3.73. The van der Waals surface area contributed by atoms with Gasteiger partial charge in [-0.3, -0.25) is 0 Å². The molecule has 0 heterocycles. The van der Waals surface area contributed by atoms with Gasteiger partial charge < -0.3 is 0 Å². The van der Waals surface area contributed by atoms with E-state index in [-0.39, 0.29) is 0 Å². The minimum atomic E-state index is 0.379. The molecular weight excluding hydrogens is 139 g/mol. The van der Waals surface area contributed by atoms with Gasteiger partial charge in [0, 0.05) is 0 Å². The monoisotopic (exact) mass is 154 g/mol. The highest BCUT2D eigenvalue weighted by molar-refractivity contribution is 7.23. The van der Waals surface area contributed by atoms with Crippen molar-refractivity contribution >= 4 is 9.24 Å². The molecule has 0 aromatic carbocycles. The largest absolute Gasteiger partial charge is 0.106 e. The first-order valence-electron chi connectivity index (χ1n) is 3.66. The molecule has 1 atom stereocenters. The van der Waals surface area contributed by atoms with E-state index in [4.69, 9.17) is 0 Å². The zero-order valence-electron chi connectivity index (χ0n) is 6.94. The molecule has 1 unspecified atom stereocenters. The first-order valence-corrected chi connectivity index (χ1v) is 4.23. The first kappa shape index (κ1) is 8.01. The molecule has 56 valence electrons. The van der Waals surface area contributed by atoms with Crippen molar-refractivity contribution in [3.8, 4) is 0 Å². The summed E-state index contributed by atoms with van der Waals surface area (Å²) in [6, 6.07) is 0. The summed E-state index contributed by atoms with van der Waals surface area (Å²) >= 11 is 0. The number of hydrogen-bond acceptors (Lipinski definition) is 0. The van der Waals surface area contributed by atoms with Gasteiger partial charge in [0.25, 0.3) is 0 Å². The van der Waals surface area contributed by atoms with E-state index in [1.54, 1.807) is 0 Å². The molecule has 10 heavy (non-hydrogen) atoms. The molecule has 0 nitrogen and oxygen atoms in total. The Bertz CT molecular complexity index is 197. The predicted molar refractivity (Wildman–Crippen MR) is 49.9 cm³/mol. The lowest BCUT2D eigenvalue weighted by Gasteiger charge is -2.25. The van der Waals surface area contributed by atoms with E-state index in [1.807, 2.05) is 0 Å². The summed E-state index contributed by atoms with van der Waals surface area (Å²) in [6.45, 7) is 6.74. The Morgan fingerprint density at radius 1 is 1.50 bits per heavy atom. The molecule has 1 heteroatoms. The van der Waals surface area contributed by atoms with E-state index < -0.39 is 0 Å². The number of allylic oxidation sites excluding steroid dienone is 4. The second kappa shape index (κ2) is 2.51. The molecule has 0 saturated heterocycles. The molecule has 0 aliphatic heterocycles. The summed E-state index contributed by atoms with van der Waals surface area (Å²) in [7, 11) is 2.77. The van der Waals surface area contributed by atoms with Crippen molar-refractivity contribution in [1.29, 1.82) is 0 Å². The van der Waals surface area contributed by atoms with Crippen LogP contribution < -0.4 is 0 Å². The van der Waals surface area contributed by atoms with Crippen LogP contribution in [0.5, 0.6) is 0 Å². The lowest BCUT2D eigenvalue weighted by molar-refractivity contribution is 0.469. The van der Waals surface area contributed by atoms with Crippen LogP contribution in [0.3, 0.4) is 0 Å². The third kappa shape index (κ3) is 1.70. The molecule has 1 aliphatic rings. The van der Waals surface area contributed by atoms with Crippen molar-refractivity contribution in [1.82, 2.24) is 0 Å². The fraction of sp³-hybridized carbons (Fsp3) is 0.556. The maximum absolute atomic E-state index is 2.77. The van der Waals surface area contributed by atoms with Crippen molar-refractivity contribution < 1.29 is 0 Å². The number of rotatable bonds is 0. The lowest BCUT2D eigenvalue weighted by Crippen LogP contribution is -2.10. The van der Waals surface area contributed by atoms with E-state index in [0.717, 1.165) is 0 Å². The molecule has 0 aromatic heterocycles. The van der Waals surface area contributed by atoms with Crippen molar-refractivity contribution in [3.05, 3.63) is 23.0 Å². The standard InChI is InChI=1S/C9H15P/c1-7-6-9(2,3)5-4-8(7)10/h4-5H,6,10H2,1-3H3. The van der Waals surface area contributed by atoms with Gasteiger partial charge in [0.2, 0.25) is 0 Å². The van der Waals surface area contributed by atoms with Crippen LogP contribution in [0.15, 0.2) is 23.0 Å². The Morgan fingerprint density at radius 3 is 2.50 bits per heavy atom. The Labute approximate surface area is 65.6 Å². The van der Waals surface area contributed by atoms with Crippen molar-refractivity contribution in [2.75, 3.05) is 0 Å². The average Bonchev–Trinajstić information content (AvgIpc) is 1.79. The van der Waals surface area contributed by atoms with Crippen LogP contribution in [-0.4, -0.2) is 0 Å². The van der Waals surface area contributed by atoms with Crippen LogP contribution >= 0.6 is 9.24 Å². The normalized spacial score (nSPS) is 23.6. The smallest absolute Gasteiger partial charge is 0.0134 e. The highest BCUT2D eigenvalue weighted by Crippen LogP contribution is 2.34. The van der Waals surface area contributed by atoms with Gasteiger partial charge in [-0.2, -0.15) is 0 Å². The minimum absolute atomic E-state index is 0.379. The molecule has 0 radical (unpaired) electrons. The van der Waals surface area contributed by atoms with Gasteiger partial charge in [0.1, 0.15) is 0 Å². The van der Waals surface area contributed by atoms with Crippen molar-refractivity contribution in [2.24, 2.45) is 5.41 Å². The van der Waals surface area contributed by atoms with Crippen LogP contribution in [-0.2, 0) is 0 Å². The average molecular weight is 154 g/mol. The number of hydrogen-bond donors (Lipinski definition) is 0. The topological polar surface area (TPSA) is 0 Å². The van der Waals surface area contributed by atoms with Crippen LogP contribution in [0.2, 0.25) is 0 Å². The third-order valence-electron chi connectivity index (χ3n) is 1.93. The lowest BCUT2D eigenvalue weighted by atomic mass is 9.82. The van der Waals surface area contributed by atoms with E-state index in [0.29, 0.717) is 5.41 Å². The summed E-state index contributed by atoms with van der Waals surface area (Å²) in [5, 5.41) is 1.36. The van der Waals surface area contributed by atoms with E-state index >= 15 is 0 Å². The highest BCUT2D eigenvalue weighted by Gasteiger charge is 2.18. The van der Waals surface area contributed by atoms with Crippen LogP contribution in [0.4, 0.5) is 0 Å². The summed E-state index contributed by atoms with van der Waals surface area (Å²) in [4.78, 5) is 0. The molecule has 0 fully saturated rings. The van der Waals surface area contributed by atoms with Gasteiger partial charge in [-0.05, 0) is 24.1 Å². The van der Waals surface area contributed by atoms with Gasteiger partial charge in [0.05, 0.1) is 0 Å². The van der Waals surface area contributed by atoms with Gasteiger partial charge in [-0.25, -0.2) is 0 Å². The summed E-state index contributed by atoms with van der Waals surface area (Å²) in [5.41, 5.74) is 1.88. The van der Waals surface area contributed by atoms with Crippen LogP contribution in [0, 0.1) is 5.41 Å². The van der Waals surface area contributed by atoms with Gasteiger partial charge in [0.15, 0.2) is 0 Å². The maximum Gasteiger partial charge on any atom is -0.0134 e. The summed E-state index contributed by atoms with van der Waals surface area (Å²) < 4.78 is 0. The Morgan fingerprint density at radius 2 is 2.10 bits per heavy atom. The molecule has 0 spiro atoms. The molecule has 0 N–H and O–H groups in total.